The number of aromatic nitrogens is 3. The molecule has 1 unspecified atom stereocenters. The Morgan fingerprint density at radius 3 is 3.18 bits per heavy atom. The third-order valence-electron chi connectivity index (χ3n) is 4.29. The van der Waals surface area contributed by atoms with Crippen molar-refractivity contribution in [1.29, 1.82) is 0 Å². The lowest BCUT2D eigenvalue weighted by Gasteiger charge is -2.32. The first kappa shape index (κ1) is 14.8. The molecule has 0 saturated carbocycles. The number of likely N-dealkylation sites (tertiary alicyclic amines) is 1. The highest BCUT2D eigenvalue weighted by atomic mass is 16.3. The first-order chi connectivity index (χ1) is 10.8. The molecular formula is C16H22N4O2. The highest BCUT2D eigenvalue weighted by Crippen LogP contribution is 2.26. The fraction of sp³-hybridized carbons (Fsp3) is 0.562. The van der Waals surface area contributed by atoms with Crippen molar-refractivity contribution >= 4 is 5.91 Å². The SMILES string of the molecule is CCn1cnnc1C1CCCN(C(=O)CCc2ccco2)C1. The lowest BCUT2D eigenvalue weighted by molar-refractivity contribution is -0.132. The topological polar surface area (TPSA) is 64.2 Å². The van der Waals surface area contributed by atoms with Gasteiger partial charge in [0.25, 0.3) is 0 Å². The molecule has 1 aliphatic rings. The van der Waals surface area contributed by atoms with E-state index in [1.165, 1.54) is 0 Å². The molecule has 3 rings (SSSR count). The molecule has 118 valence electrons. The van der Waals surface area contributed by atoms with Gasteiger partial charge in [0.15, 0.2) is 0 Å². The van der Waals surface area contributed by atoms with E-state index in [1.54, 1.807) is 12.6 Å². The Morgan fingerprint density at radius 2 is 2.41 bits per heavy atom. The molecule has 0 spiro atoms. The molecule has 1 aliphatic heterocycles. The van der Waals surface area contributed by atoms with Crippen LogP contribution in [0.15, 0.2) is 29.1 Å². The van der Waals surface area contributed by atoms with Crippen LogP contribution in [0.5, 0.6) is 0 Å². The van der Waals surface area contributed by atoms with Gasteiger partial charge in [0.1, 0.15) is 17.9 Å². The number of hydrogen-bond acceptors (Lipinski definition) is 4. The van der Waals surface area contributed by atoms with Gasteiger partial charge in [-0.25, -0.2) is 0 Å². The number of hydrogen-bond donors (Lipinski definition) is 0. The largest absolute Gasteiger partial charge is 0.469 e. The first-order valence-corrected chi connectivity index (χ1v) is 7.95. The van der Waals surface area contributed by atoms with Crippen LogP contribution in [0.3, 0.4) is 0 Å². The van der Waals surface area contributed by atoms with Gasteiger partial charge in [-0.2, -0.15) is 0 Å². The van der Waals surface area contributed by atoms with Crippen molar-refractivity contribution in [3.8, 4) is 0 Å². The minimum Gasteiger partial charge on any atom is -0.469 e. The fourth-order valence-electron chi connectivity index (χ4n) is 3.08. The second kappa shape index (κ2) is 6.77. The molecule has 0 radical (unpaired) electrons. The van der Waals surface area contributed by atoms with Gasteiger partial charge >= 0.3 is 0 Å². The van der Waals surface area contributed by atoms with E-state index in [9.17, 15) is 4.79 Å². The molecular weight excluding hydrogens is 280 g/mol. The number of furan rings is 1. The smallest absolute Gasteiger partial charge is 0.223 e. The Kier molecular flexibility index (Phi) is 4.56. The van der Waals surface area contributed by atoms with E-state index in [2.05, 4.69) is 21.7 Å². The highest BCUT2D eigenvalue weighted by Gasteiger charge is 2.27. The number of piperidine rings is 1. The van der Waals surface area contributed by atoms with E-state index in [4.69, 9.17) is 4.42 Å². The van der Waals surface area contributed by atoms with Crippen LogP contribution in [0.2, 0.25) is 0 Å². The summed E-state index contributed by atoms with van der Waals surface area (Å²) in [5.74, 6) is 2.37. The zero-order valence-electron chi connectivity index (χ0n) is 12.9. The number of carbonyl (C=O) groups is 1. The predicted octanol–water partition coefficient (Wildman–Crippen LogP) is 2.23. The number of amides is 1. The van der Waals surface area contributed by atoms with Crippen LogP contribution in [0.25, 0.3) is 0 Å². The van der Waals surface area contributed by atoms with Gasteiger partial charge < -0.3 is 13.9 Å². The molecule has 1 atom stereocenters. The maximum absolute atomic E-state index is 12.4. The lowest BCUT2D eigenvalue weighted by Crippen LogP contribution is -2.39. The standard InChI is InChI=1S/C16H22N4O2/c1-2-19-12-17-18-16(19)13-5-3-9-20(11-13)15(21)8-7-14-6-4-10-22-14/h4,6,10,12-13H,2-3,5,7-9,11H2,1H3. The van der Waals surface area contributed by atoms with Crippen molar-refractivity contribution in [3.63, 3.8) is 0 Å². The summed E-state index contributed by atoms with van der Waals surface area (Å²) in [6.45, 7) is 4.54. The minimum atomic E-state index is 0.198. The normalized spacial score (nSPS) is 18.6. The third kappa shape index (κ3) is 3.21. The van der Waals surface area contributed by atoms with Gasteiger partial charge in [-0.3, -0.25) is 4.79 Å². The average Bonchev–Trinajstić information content (AvgIpc) is 3.23. The van der Waals surface area contributed by atoms with Crippen LogP contribution < -0.4 is 0 Å². The third-order valence-corrected chi connectivity index (χ3v) is 4.29. The summed E-state index contributed by atoms with van der Waals surface area (Å²) in [7, 11) is 0. The molecule has 0 N–H and O–H groups in total. The minimum absolute atomic E-state index is 0.198. The maximum atomic E-state index is 12.4. The van der Waals surface area contributed by atoms with Crippen molar-refractivity contribution in [2.45, 2.75) is 45.1 Å². The Balaban J connectivity index is 1.59. The molecule has 1 fully saturated rings. The monoisotopic (exact) mass is 302 g/mol. The highest BCUT2D eigenvalue weighted by molar-refractivity contribution is 5.76. The number of aryl methyl sites for hydroxylation is 2. The van der Waals surface area contributed by atoms with Crippen LogP contribution in [-0.4, -0.2) is 38.7 Å². The Labute approximate surface area is 130 Å². The lowest BCUT2D eigenvalue weighted by atomic mass is 9.96. The summed E-state index contributed by atoms with van der Waals surface area (Å²) in [5, 5.41) is 8.26. The summed E-state index contributed by atoms with van der Waals surface area (Å²) >= 11 is 0. The van der Waals surface area contributed by atoms with Crippen LogP contribution in [-0.2, 0) is 17.8 Å². The molecule has 1 saturated heterocycles. The van der Waals surface area contributed by atoms with Crippen LogP contribution in [0.4, 0.5) is 0 Å². The van der Waals surface area contributed by atoms with Crippen molar-refractivity contribution in [2.24, 2.45) is 0 Å². The average molecular weight is 302 g/mol. The van der Waals surface area contributed by atoms with E-state index in [-0.39, 0.29) is 5.91 Å². The summed E-state index contributed by atoms with van der Waals surface area (Å²) in [5.41, 5.74) is 0. The number of nitrogens with zero attached hydrogens (tertiary/aromatic N) is 4. The summed E-state index contributed by atoms with van der Waals surface area (Å²) in [6.07, 6.45) is 6.68. The van der Waals surface area contributed by atoms with Gasteiger partial charge in [-0.15, -0.1) is 10.2 Å². The van der Waals surface area contributed by atoms with Crippen molar-refractivity contribution in [1.82, 2.24) is 19.7 Å². The molecule has 0 bridgehead atoms. The molecule has 0 aliphatic carbocycles. The van der Waals surface area contributed by atoms with Crippen LogP contribution in [0.1, 0.15) is 43.7 Å². The van der Waals surface area contributed by atoms with Crippen molar-refractivity contribution in [2.75, 3.05) is 13.1 Å². The quantitative estimate of drug-likeness (QED) is 0.849. The molecule has 2 aromatic rings. The van der Waals surface area contributed by atoms with E-state index in [0.29, 0.717) is 18.8 Å². The van der Waals surface area contributed by atoms with E-state index < -0.39 is 0 Å². The Bertz CT molecular complexity index is 605. The van der Waals surface area contributed by atoms with Crippen molar-refractivity contribution in [3.05, 3.63) is 36.3 Å². The van der Waals surface area contributed by atoms with Crippen LogP contribution in [0, 0.1) is 0 Å². The maximum Gasteiger partial charge on any atom is 0.223 e. The second-order valence-electron chi connectivity index (χ2n) is 5.73. The summed E-state index contributed by atoms with van der Waals surface area (Å²) in [6, 6.07) is 3.77. The molecule has 22 heavy (non-hydrogen) atoms. The molecule has 2 aromatic heterocycles. The fourth-order valence-corrected chi connectivity index (χ4v) is 3.08. The summed E-state index contributed by atoms with van der Waals surface area (Å²) in [4.78, 5) is 14.4. The zero-order valence-corrected chi connectivity index (χ0v) is 12.9. The van der Waals surface area contributed by atoms with Gasteiger partial charge in [0.05, 0.1) is 6.26 Å². The zero-order chi connectivity index (χ0) is 15.4. The van der Waals surface area contributed by atoms with Gasteiger partial charge in [0.2, 0.25) is 5.91 Å². The van der Waals surface area contributed by atoms with Gasteiger partial charge in [0, 0.05) is 38.4 Å². The molecule has 3 heterocycles. The predicted molar refractivity (Wildman–Crippen MR) is 81.3 cm³/mol. The summed E-state index contributed by atoms with van der Waals surface area (Å²) < 4.78 is 7.36. The molecule has 6 nitrogen and oxygen atoms in total. The Hall–Kier alpha value is -2.11. The van der Waals surface area contributed by atoms with Gasteiger partial charge in [-0.1, -0.05) is 0 Å². The molecule has 1 amide bonds. The second-order valence-corrected chi connectivity index (χ2v) is 5.73. The van der Waals surface area contributed by atoms with E-state index in [0.717, 1.165) is 44.1 Å². The van der Waals surface area contributed by atoms with Crippen LogP contribution >= 0.6 is 0 Å². The Morgan fingerprint density at radius 1 is 1.50 bits per heavy atom. The van der Waals surface area contributed by atoms with Crippen molar-refractivity contribution < 1.29 is 9.21 Å². The molecule has 0 aromatic carbocycles. The van der Waals surface area contributed by atoms with E-state index in [1.807, 2.05) is 17.0 Å². The van der Waals surface area contributed by atoms with Gasteiger partial charge in [-0.05, 0) is 31.9 Å². The van der Waals surface area contributed by atoms with E-state index >= 15 is 0 Å². The number of rotatable bonds is 5. The first-order valence-electron chi connectivity index (χ1n) is 7.95. The number of carbonyl (C=O) groups excluding carboxylic acids is 1. The molecule has 6 heteroatoms.